The van der Waals surface area contributed by atoms with E-state index in [-0.39, 0.29) is 11.9 Å². The number of hydrogen-bond acceptors (Lipinski definition) is 5. The molecule has 0 bridgehead atoms. The highest BCUT2D eigenvalue weighted by atomic mass is 16.5. The van der Waals surface area contributed by atoms with Crippen LogP contribution in [0.1, 0.15) is 31.4 Å². The van der Waals surface area contributed by atoms with E-state index in [1.165, 1.54) is 0 Å². The number of carbonyl (C=O) groups excluding carboxylic acids is 1. The van der Waals surface area contributed by atoms with Crippen LogP contribution in [0.15, 0.2) is 84.6 Å². The third kappa shape index (κ3) is 5.17. The molecule has 1 atom stereocenters. The van der Waals surface area contributed by atoms with Crippen molar-refractivity contribution in [1.29, 1.82) is 0 Å². The number of ether oxygens (including phenoxy) is 3. The molecule has 0 unspecified atom stereocenters. The Morgan fingerprint density at radius 3 is 2.00 bits per heavy atom. The largest absolute Gasteiger partial charge is 0.497 e. The maximum atomic E-state index is 13.5. The molecule has 0 spiro atoms. The number of nitrogens with zero attached hydrogens (tertiary/aromatic N) is 1. The zero-order valence-electron chi connectivity index (χ0n) is 19.8. The van der Waals surface area contributed by atoms with Gasteiger partial charge in [0.05, 0.1) is 26.9 Å². The van der Waals surface area contributed by atoms with Crippen molar-refractivity contribution >= 4 is 17.3 Å². The average molecular weight is 459 g/mol. The fraction of sp³-hybridized carbons (Fsp3) is 0.250. The van der Waals surface area contributed by atoms with Crippen LogP contribution in [0.25, 0.3) is 0 Å². The van der Waals surface area contributed by atoms with Crippen molar-refractivity contribution in [2.75, 3.05) is 31.0 Å². The topological polar surface area (TPSA) is 60.0 Å². The molecular weight excluding hydrogens is 428 g/mol. The summed E-state index contributed by atoms with van der Waals surface area (Å²) in [6.45, 7) is 2.84. The first kappa shape index (κ1) is 23.2. The first-order valence-corrected chi connectivity index (χ1v) is 11.5. The summed E-state index contributed by atoms with van der Waals surface area (Å²) in [5.74, 6) is 2.23. The molecule has 4 rings (SSSR count). The molecule has 1 heterocycles. The Hall–Kier alpha value is -3.93. The van der Waals surface area contributed by atoms with Crippen LogP contribution >= 0.6 is 0 Å². The molecule has 0 radical (unpaired) electrons. The van der Waals surface area contributed by atoms with Crippen molar-refractivity contribution in [3.8, 4) is 17.2 Å². The predicted octanol–water partition coefficient (Wildman–Crippen LogP) is 5.97. The van der Waals surface area contributed by atoms with Gasteiger partial charge in [-0.1, -0.05) is 25.5 Å². The highest BCUT2D eigenvalue weighted by molar-refractivity contribution is 6.11. The second kappa shape index (κ2) is 10.8. The number of anilines is 2. The summed E-state index contributed by atoms with van der Waals surface area (Å²) in [6, 6.07) is 22.7. The van der Waals surface area contributed by atoms with Gasteiger partial charge in [-0.3, -0.25) is 9.69 Å². The molecule has 176 valence electrons. The Balaban J connectivity index is 1.62. The molecule has 1 N–H and O–H groups in total. The molecular formula is C28H30N2O4. The number of methoxy groups -OCH3 is 2. The van der Waals surface area contributed by atoms with Gasteiger partial charge in [0.15, 0.2) is 0 Å². The number of carbonyl (C=O) groups is 1. The quantitative estimate of drug-likeness (QED) is 0.380. The number of benzene rings is 3. The van der Waals surface area contributed by atoms with Gasteiger partial charge >= 0.3 is 0 Å². The van der Waals surface area contributed by atoms with E-state index in [2.05, 4.69) is 12.2 Å². The van der Waals surface area contributed by atoms with Crippen LogP contribution in [-0.4, -0.2) is 26.7 Å². The maximum Gasteiger partial charge on any atom is 0.275 e. The lowest BCUT2D eigenvalue weighted by Crippen LogP contribution is -2.30. The van der Waals surface area contributed by atoms with Crippen LogP contribution in [0.2, 0.25) is 0 Å². The standard InChI is InChI=1S/C28H30N2O4/c1-4-5-18-34-25-12-6-20(7-13-25)27-19-26(29-21-8-14-23(32-2)15-9-21)28(31)30(27)22-10-16-24(33-3)17-11-22/h6-17,19,27,29H,4-5,18H2,1-3H3/t27-/m0/s1. The molecule has 1 aliphatic heterocycles. The van der Waals surface area contributed by atoms with Crippen molar-refractivity contribution < 1.29 is 19.0 Å². The molecule has 1 aliphatic rings. The predicted molar refractivity (Wildman–Crippen MR) is 135 cm³/mol. The molecule has 6 nitrogen and oxygen atoms in total. The molecule has 0 saturated heterocycles. The molecule has 0 saturated carbocycles. The molecule has 0 aliphatic carbocycles. The van der Waals surface area contributed by atoms with Crippen LogP contribution in [0.4, 0.5) is 11.4 Å². The zero-order chi connectivity index (χ0) is 23.9. The number of hydrogen-bond donors (Lipinski definition) is 1. The minimum Gasteiger partial charge on any atom is -0.497 e. The number of amides is 1. The minimum atomic E-state index is -0.258. The Bertz CT molecular complexity index is 1120. The van der Waals surface area contributed by atoms with Gasteiger partial charge in [-0.05, 0) is 78.7 Å². The summed E-state index contributed by atoms with van der Waals surface area (Å²) in [5, 5.41) is 3.27. The summed E-state index contributed by atoms with van der Waals surface area (Å²) in [7, 11) is 3.25. The fourth-order valence-corrected chi connectivity index (χ4v) is 3.85. The first-order chi connectivity index (χ1) is 16.6. The lowest BCUT2D eigenvalue weighted by molar-refractivity contribution is -0.114. The Morgan fingerprint density at radius 1 is 0.824 bits per heavy atom. The van der Waals surface area contributed by atoms with Gasteiger partial charge in [-0.2, -0.15) is 0 Å². The van der Waals surface area contributed by atoms with Crippen molar-refractivity contribution in [2.24, 2.45) is 0 Å². The van der Waals surface area contributed by atoms with Crippen LogP contribution < -0.4 is 24.4 Å². The molecule has 34 heavy (non-hydrogen) atoms. The summed E-state index contributed by atoms with van der Waals surface area (Å²) < 4.78 is 16.3. The number of nitrogens with one attached hydrogen (secondary N) is 1. The first-order valence-electron chi connectivity index (χ1n) is 11.5. The lowest BCUT2D eigenvalue weighted by Gasteiger charge is -2.25. The highest BCUT2D eigenvalue weighted by Crippen LogP contribution is 2.37. The third-order valence-corrected chi connectivity index (χ3v) is 5.76. The molecule has 0 fully saturated rings. The van der Waals surface area contributed by atoms with Crippen molar-refractivity contribution in [1.82, 2.24) is 0 Å². The van der Waals surface area contributed by atoms with E-state index >= 15 is 0 Å². The van der Waals surface area contributed by atoms with E-state index in [1.54, 1.807) is 19.1 Å². The Kier molecular flexibility index (Phi) is 7.38. The van der Waals surface area contributed by atoms with Gasteiger partial charge < -0.3 is 19.5 Å². The summed E-state index contributed by atoms with van der Waals surface area (Å²) >= 11 is 0. The number of unbranched alkanes of at least 4 members (excludes halogenated alkanes) is 1. The van der Waals surface area contributed by atoms with Gasteiger partial charge in [-0.25, -0.2) is 0 Å². The zero-order valence-corrected chi connectivity index (χ0v) is 19.8. The van der Waals surface area contributed by atoms with Gasteiger partial charge in [0.2, 0.25) is 0 Å². The van der Waals surface area contributed by atoms with Crippen molar-refractivity contribution in [3.63, 3.8) is 0 Å². The lowest BCUT2D eigenvalue weighted by atomic mass is 10.1. The Morgan fingerprint density at radius 2 is 1.41 bits per heavy atom. The third-order valence-electron chi connectivity index (χ3n) is 5.76. The van der Waals surface area contributed by atoms with Crippen LogP contribution in [0.5, 0.6) is 17.2 Å². The SMILES string of the molecule is CCCCOc1ccc([C@@H]2C=C(Nc3ccc(OC)cc3)C(=O)N2c2ccc(OC)cc2)cc1. The maximum absolute atomic E-state index is 13.5. The van der Waals surface area contributed by atoms with E-state index in [0.717, 1.165) is 47.0 Å². The normalized spacial score (nSPS) is 15.1. The van der Waals surface area contributed by atoms with E-state index in [4.69, 9.17) is 14.2 Å². The molecule has 1 amide bonds. The van der Waals surface area contributed by atoms with Gasteiger partial charge in [0, 0.05) is 11.4 Å². The van der Waals surface area contributed by atoms with Gasteiger partial charge in [0.25, 0.3) is 5.91 Å². The second-order valence-corrected chi connectivity index (χ2v) is 8.02. The van der Waals surface area contributed by atoms with Crippen LogP contribution in [-0.2, 0) is 4.79 Å². The van der Waals surface area contributed by atoms with Gasteiger partial charge in [-0.15, -0.1) is 0 Å². The van der Waals surface area contributed by atoms with Crippen LogP contribution in [0, 0.1) is 0 Å². The summed E-state index contributed by atoms with van der Waals surface area (Å²) in [6.07, 6.45) is 4.07. The van der Waals surface area contributed by atoms with Crippen LogP contribution in [0.3, 0.4) is 0 Å². The molecule has 6 heteroatoms. The molecule has 3 aromatic carbocycles. The highest BCUT2D eigenvalue weighted by Gasteiger charge is 2.34. The minimum absolute atomic E-state index is 0.103. The summed E-state index contributed by atoms with van der Waals surface area (Å²) in [4.78, 5) is 15.3. The fourth-order valence-electron chi connectivity index (χ4n) is 3.85. The van der Waals surface area contributed by atoms with Crippen molar-refractivity contribution in [3.05, 3.63) is 90.1 Å². The van der Waals surface area contributed by atoms with E-state index < -0.39 is 0 Å². The summed E-state index contributed by atoms with van der Waals surface area (Å²) in [5.41, 5.74) is 3.13. The van der Waals surface area contributed by atoms with Gasteiger partial charge in [0.1, 0.15) is 22.9 Å². The van der Waals surface area contributed by atoms with E-state index in [0.29, 0.717) is 12.3 Å². The molecule has 3 aromatic rings. The second-order valence-electron chi connectivity index (χ2n) is 8.02. The molecule has 0 aromatic heterocycles. The van der Waals surface area contributed by atoms with E-state index in [1.807, 2.05) is 78.9 Å². The number of rotatable bonds is 10. The Labute approximate surface area is 200 Å². The smallest absolute Gasteiger partial charge is 0.275 e. The van der Waals surface area contributed by atoms with E-state index in [9.17, 15) is 4.79 Å². The monoisotopic (exact) mass is 458 g/mol. The van der Waals surface area contributed by atoms with Crippen molar-refractivity contribution in [2.45, 2.75) is 25.8 Å². The average Bonchev–Trinajstić information content (AvgIpc) is 3.20.